The highest BCUT2D eigenvalue weighted by molar-refractivity contribution is 5.79. The van der Waals surface area contributed by atoms with Gasteiger partial charge < -0.3 is 20.2 Å². The van der Waals surface area contributed by atoms with Gasteiger partial charge in [-0.05, 0) is 43.6 Å². The standard InChI is InChI=1S/C23H33N3O3/c1-16-5-7-17(8-6-16)11-22(28)24-13-21-19-12-18(14-25(15-19)9-10-27)20-3-2-4-23(29)26(20)21/h5-8,18-21,27H,2-4,9-15H2,1H3,(H,24,28)/t18-,19+,20+,21+/m1/s1. The number of likely N-dealkylation sites (tertiary alicyclic amines) is 1. The van der Waals surface area contributed by atoms with E-state index in [-0.39, 0.29) is 30.5 Å². The van der Waals surface area contributed by atoms with Crippen molar-refractivity contribution in [2.75, 3.05) is 32.8 Å². The van der Waals surface area contributed by atoms with Crippen molar-refractivity contribution in [2.24, 2.45) is 11.8 Å². The molecule has 3 fully saturated rings. The third-order valence-corrected chi connectivity index (χ3v) is 6.98. The number of aliphatic hydroxyl groups excluding tert-OH is 1. The number of piperidine rings is 3. The van der Waals surface area contributed by atoms with Crippen molar-refractivity contribution < 1.29 is 14.7 Å². The second-order valence-electron chi connectivity index (χ2n) is 9.03. The van der Waals surface area contributed by atoms with Gasteiger partial charge in [-0.15, -0.1) is 0 Å². The molecule has 3 aliphatic heterocycles. The van der Waals surface area contributed by atoms with Crippen molar-refractivity contribution in [3.63, 3.8) is 0 Å². The van der Waals surface area contributed by atoms with Crippen molar-refractivity contribution in [3.05, 3.63) is 35.4 Å². The lowest BCUT2D eigenvalue weighted by Crippen LogP contribution is -2.67. The first-order chi connectivity index (χ1) is 14.0. The lowest BCUT2D eigenvalue weighted by molar-refractivity contribution is -0.153. The molecule has 2 amide bonds. The van der Waals surface area contributed by atoms with Gasteiger partial charge >= 0.3 is 0 Å². The van der Waals surface area contributed by atoms with Crippen LogP contribution in [0.5, 0.6) is 0 Å². The van der Waals surface area contributed by atoms with E-state index in [0.29, 0.717) is 37.8 Å². The third kappa shape index (κ3) is 4.48. The highest BCUT2D eigenvalue weighted by atomic mass is 16.3. The smallest absolute Gasteiger partial charge is 0.224 e. The minimum absolute atomic E-state index is 0.0139. The Morgan fingerprint density at radius 2 is 1.97 bits per heavy atom. The Kier molecular flexibility index (Phi) is 6.20. The fourth-order valence-corrected chi connectivity index (χ4v) is 5.63. The van der Waals surface area contributed by atoms with Gasteiger partial charge in [0.15, 0.2) is 0 Å². The van der Waals surface area contributed by atoms with Gasteiger partial charge in [-0.25, -0.2) is 0 Å². The molecular formula is C23H33N3O3. The van der Waals surface area contributed by atoms with Gasteiger partial charge in [0.2, 0.25) is 11.8 Å². The first-order valence-electron chi connectivity index (χ1n) is 11.0. The molecule has 29 heavy (non-hydrogen) atoms. The fourth-order valence-electron chi connectivity index (χ4n) is 5.63. The van der Waals surface area contributed by atoms with Gasteiger partial charge in [0, 0.05) is 38.6 Å². The van der Waals surface area contributed by atoms with Crippen LogP contribution in [0.25, 0.3) is 0 Å². The van der Waals surface area contributed by atoms with Crippen LogP contribution in [0.4, 0.5) is 0 Å². The van der Waals surface area contributed by atoms with E-state index in [1.165, 1.54) is 5.56 Å². The minimum Gasteiger partial charge on any atom is -0.395 e. The Hall–Kier alpha value is -1.92. The van der Waals surface area contributed by atoms with Crippen molar-refractivity contribution in [1.82, 2.24) is 15.1 Å². The van der Waals surface area contributed by atoms with E-state index in [1.54, 1.807) is 0 Å². The molecule has 6 nitrogen and oxygen atoms in total. The van der Waals surface area contributed by atoms with Gasteiger partial charge in [0.05, 0.1) is 19.1 Å². The van der Waals surface area contributed by atoms with Crippen LogP contribution in [0.1, 0.15) is 36.8 Å². The number of nitrogens with one attached hydrogen (secondary N) is 1. The SMILES string of the molecule is Cc1ccc(CC(=O)NC[C@H]2[C@H]3C[C@H](CN(CCO)C3)[C@@H]3CCCC(=O)N32)cc1. The predicted octanol–water partition coefficient (Wildman–Crippen LogP) is 1.35. The molecule has 0 aromatic heterocycles. The molecule has 1 aromatic rings. The molecule has 158 valence electrons. The minimum atomic E-state index is 0.0139. The molecule has 1 aromatic carbocycles. The number of aryl methyl sites for hydroxylation is 1. The average molecular weight is 400 g/mol. The van der Waals surface area contributed by atoms with Crippen molar-refractivity contribution in [2.45, 2.75) is 51.1 Å². The van der Waals surface area contributed by atoms with Crippen molar-refractivity contribution in [3.8, 4) is 0 Å². The van der Waals surface area contributed by atoms with Crippen LogP contribution in [0.15, 0.2) is 24.3 Å². The predicted molar refractivity (Wildman–Crippen MR) is 111 cm³/mol. The summed E-state index contributed by atoms with van der Waals surface area (Å²) in [4.78, 5) is 29.8. The van der Waals surface area contributed by atoms with Crippen LogP contribution >= 0.6 is 0 Å². The topological polar surface area (TPSA) is 72.9 Å². The number of hydrogen-bond acceptors (Lipinski definition) is 4. The van der Waals surface area contributed by atoms with Crippen LogP contribution < -0.4 is 5.32 Å². The number of carbonyl (C=O) groups is 2. The zero-order valence-electron chi connectivity index (χ0n) is 17.3. The number of benzene rings is 1. The molecule has 0 radical (unpaired) electrons. The summed E-state index contributed by atoms with van der Waals surface area (Å²) in [7, 11) is 0. The molecular weight excluding hydrogens is 366 g/mol. The monoisotopic (exact) mass is 399 g/mol. The first-order valence-corrected chi connectivity index (χ1v) is 11.0. The lowest BCUT2D eigenvalue weighted by Gasteiger charge is -2.56. The summed E-state index contributed by atoms with van der Waals surface area (Å²) >= 11 is 0. The molecule has 4 atom stereocenters. The molecule has 2 N–H and O–H groups in total. The number of carbonyl (C=O) groups excluding carboxylic acids is 2. The molecule has 0 unspecified atom stereocenters. The largest absolute Gasteiger partial charge is 0.395 e. The quantitative estimate of drug-likeness (QED) is 0.757. The van der Waals surface area contributed by atoms with Crippen LogP contribution in [-0.4, -0.2) is 71.6 Å². The molecule has 3 aliphatic rings. The van der Waals surface area contributed by atoms with Crippen molar-refractivity contribution in [1.29, 1.82) is 0 Å². The summed E-state index contributed by atoms with van der Waals surface area (Å²) in [6.45, 7) is 5.29. The highest BCUT2D eigenvalue weighted by Gasteiger charge is 2.49. The maximum Gasteiger partial charge on any atom is 0.224 e. The van der Waals surface area contributed by atoms with Gasteiger partial charge in [-0.1, -0.05) is 29.8 Å². The summed E-state index contributed by atoms with van der Waals surface area (Å²) in [5, 5.41) is 12.5. The second-order valence-corrected chi connectivity index (χ2v) is 9.03. The number of amides is 2. The molecule has 3 saturated heterocycles. The Labute approximate surface area is 173 Å². The zero-order chi connectivity index (χ0) is 20.4. The van der Waals surface area contributed by atoms with Crippen molar-refractivity contribution >= 4 is 11.8 Å². The van der Waals surface area contributed by atoms with Crippen LogP contribution in [-0.2, 0) is 16.0 Å². The van der Waals surface area contributed by atoms with E-state index in [2.05, 4.69) is 15.1 Å². The number of nitrogens with zero attached hydrogens (tertiary/aromatic N) is 2. The Morgan fingerprint density at radius 1 is 1.21 bits per heavy atom. The molecule has 0 aliphatic carbocycles. The van der Waals surface area contributed by atoms with E-state index in [0.717, 1.165) is 37.9 Å². The molecule has 6 heteroatoms. The lowest BCUT2D eigenvalue weighted by atomic mass is 9.72. The van der Waals surface area contributed by atoms with E-state index >= 15 is 0 Å². The van der Waals surface area contributed by atoms with E-state index in [4.69, 9.17) is 0 Å². The maximum atomic E-state index is 12.8. The number of β-amino-alcohol motifs (C(OH)–C–C–N with tert-alkyl or cyclic N) is 1. The van der Waals surface area contributed by atoms with E-state index < -0.39 is 0 Å². The summed E-state index contributed by atoms with van der Waals surface area (Å²) in [6.07, 6.45) is 4.14. The van der Waals surface area contributed by atoms with E-state index in [1.807, 2.05) is 31.2 Å². The van der Waals surface area contributed by atoms with Gasteiger partial charge in [0.25, 0.3) is 0 Å². The van der Waals surface area contributed by atoms with Crippen LogP contribution in [0.2, 0.25) is 0 Å². The summed E-state index contributed by atoms with van der Waals surface area (Å²) in [5.41, 5.74) is 2.20. The highest BCUT2D eigenvalue weighted by Crippen LogP contribution is 2.41. The zero-order valence-corrected chi connectivity index (χ0v) is 17.3. The third-order valence-electron chi connectivity index (χ3n) is 6.98. The molecule has 4 rings (SSSR count). The van der Waals surface area contributed by atoms with Gasteiger partial charge in [-0.2, -0.15) is 0 Å². The number of aliphatic hydroxyl groups is 1. The van der Waals surface area contributed by atoms with Gasteiger partial charge in [-0.3, -0.25) is 9.59 Å². The molecule has 0 saturated carbocycles. The average Bonchev–Trinajstić information content (AvgIpc) is 2.70. The first kappa shape index (κ1) is 20.4. The number of hydrogen-bond donors (Lipinski definition) is 2. The normalized spacial score (nSPS) is 29.4. The Morgan fingerprint density at radius 3 is 2.72 bits per heavy atom. The number of rotatable bonds is 6. The number of fused-ring (bicyclic) bond motifs is 4. The molecule has 3 heterocycles. The maximum absolute atomic E-state index is 12.8. The van der Waals surface area contributed by atoms with Gasteiger partial charge in [0.1, 0.15) is 0 Å². The second kappa shape index (κ2) is 8.84. The summed E-state index contributed by atoms with van der Waals surface area (Å²) in [6, 6.07) is 8.40. The fraction of sp³-hybridized carbons (Fsp3) is 0.652. The van der Waals surface area contributed by atoms with E-state index in [9.17, 15) is 14.7 Å². The van der Waals surface area contributed by atoms with Crippen LogP contribution in [0.3, 0.4) is 0 Å². The molecule has 0 spiro atoms. The Bertz CT molecular complexity index is 733. The Balaban J connectivity index is 1.44. The molecule has 2 bridgehead atoms. The summed E-state index contributed by atoms with van der Waals surface area (Å²) < 4.78 is 0. The summed E-state index contributed by atoms with van der Waals surface area (Å²) in [5.74, 6) is 1.12. The van der Waals surface area contributed by atoms with Crippen LogP contribution in [0, 0.1) is 18.8 Å².